The van der Waals surface area contributed by atoms with Crippen LogP contribution in [0.25, 0.3) is 0 Å². The van der Waals surface area contributed by atoms with Crippen LogP contribution in [0.15, 0.2) is 12.7 Å². The average Bonchev–Trinajstić information content (AvgIpc) is 2.18. The highest BCUT2D eigenvalue weighted by atomic mass is 16.1. The largest absolute Gasteiger partial charge is 0.350 e. The fourth-order valence-electron chi connectivity index (χ4n) is 2.13. The molecular formula is C11H19NO. The van der Waals surface area contributed by atoms with E-state index in [0.717, 1.165) is 6.42 Å². The quantitative estimate of drug-likeness (QED) is 0.665. The summed E-state index contributed by atoms with van der Waals surface area (Å²) in [4.78, 5) is 11.1. The van der Waals surface area contributed by atoms with E-state index in [4.69, 9.17) is 0 Å². The molecule has 1 aliphatic carbocycles. The number of hydrogen-bond donors (Lipinski definition) is 1. The van der Waals surface area contributed by atoms with Crippen LogP contribution in [-0.4, -0.2) is 11.9 Å². The Morgan fingerprint density at radius 3 is 2.85 bits per heavy atom. The summed E-state index contributed by atoms with van der Waals surface area (Å²) in [6.07, 6.45) is 7.50. The lowest BCUT2D eigenvalue weighted by molar-refractivity contribution is -0.117. The Kier molecular flexibility index (Phi) is 4.00. The third kappa shape index (κ3) is 2.87. The van der Waals surface area contributed by atoms with Crippen molar-refractivity contribution in [3.8, 4) is 0 Å². The second-order valence-electron chi connectivity index (χ2n) is 3.77. The van der Waals surface area contributed by atoms with E-state index in [1.165, 1.54) is 31.8 Å². The Morgan fingerprint density at radius 1 is 1.54 bits per heavy atom. The lowest BCUT2D eigenvalue weighted by atomic mass is 9.83. The van der Waals surface area contributed by atoms with Crippen molar-refractivity contribution in [1.29, 1.82) is 0 Å². The molecule has 2 unspecified atom stereocenters. The van der Waals surface area contributed by atoms with E-state index in [-0.39, 0.29) is 5.91 Å². The van der Waals surface area contributed by atoms with Gasteiger partial charge in [0.1, 0.15) is 0 Å². The molecule has 1 rings (SSSR count). The maximum absolute atomic E-state index is 11.1. The molecule has 0 bridgehead atoms. The van der Waals surface area contributed by atoms with Gasteiger partial charge in [-0.15, -0.1) is 0 Å². The standard InChI is InChI=1S/C11H19NO/c1-3-9-7-5-6-8-10(9)12-11(13)4-2/h4,9-10H,2-3,5-8H2,1H3,(H,12,13). The van der Waals surface area contributed by atoms with Crippen molar-refractivity contribution < 1.29 is 4.79 Å². The lowest BCUT2D eigenvalue weighted by Gasteiger charge is -2.31. The van der Waals surface area contributed by atoms with E-state index in [1.807, 2.05) is 0 Å². The molecule has 1 fully saturated rings. The third-order valence-electron chi connectivity index (χ3n) is 2.95. The van der Waals surface area contributed by atoms with E-state index in [2.05, 4.69) is 18.8 Å². The van der Waals surface area contributed by atoms with Crippen molar-refractivity contribution in [2.75, 3.05) is 0 Å². The minimum atomic E-state index is -0.0228. The van der Waals surface area contributed by atoms with Crippen molar-refractivity contribution in [3.05, 3.63) is 12.7 Å². The average molecular weight is 181 g/mol. The normalized spacial score (nSPS) is 28.1. The molecule has 0 spiro atoms. The van der Waals surface area contributed by atoms with Gasteiger partial charge in [-0.2, -0.15) is 0 Å². The molecule has 74 valence electrons. The molecule has 0 saturated heterocycles. The summed E-state index contributed by atoms with van der Waals surface area (Å²) in [5, 5.41) is 3.01. The molecule has 0 heterocycles. The summed E-state index contributed by atoms with van der Waals surface area (Å²) in [7, 11) is 0. The first kappa shape index (κ1) is 10.3. The van der Waals surface area contributed by atoms with Gasteiger partial charge in [0.15, 0.2) is 0 Å². The second-order valence-corrected chi connectivity index (χ2v) is 3.77. The number of rotatable bonds is 3. The predicted molar refractivity (Wildman–Crippen MR) is 54.4 cm³/mol. The number of amides is 1. The van der Waals surface area contributed by atoms with Crippen LogP contribution in [-0.2, 0) is 4.79 Å². The first-order valence-corrected chi connectivity index (χ1v) is 5.20. The number of nitrogens with one attached hydrogen (secondary N) is 1. The molecule has 0 aromatic heterocycles. The molecule has 2 nitrogen and oxygen atoms in total. The zero-order valence-electron chi connectivity index (χ0n) is 8.38. The zero-order chi connectivity index (χ0) is 9.68. The van der Waals surface area contributed by atoms with Crippen LogP contribution >= 0.6 is 0 Å². The molecule has 0 aliphatic heterocycles. The highest BCUT2D eigenvalue weighted by Crippen LogP contribution is 2.26. The molecule has 0 aromatic rings. The fourth-order valence-corrected chi connectivity index (χ4v) is 2.13. The van der Waals surface area contributed by atoms with Crippen molar-refractivity contribution in [1.82, 2.24) is 5.32 Å². The zero-order valence-corrected chi connectivity index (χ0v) is 8.38. The SMILES string of the molecule is C=CC(=O)NC1CCCCC1CC. The predicted octanol–water partition coefficient (Wildman–Crippen LogP) is 2.26. The van der Waals surface area contributed by atoms with Crippen LogP contribution in [0.1, 0.15) is 39.0 Å². The molecule has 1 amide bonds. The third-order valence-corrected chi connectivity index (χ3v) is 2.95. The first-order valence-electron chi connectivity index (χ1n) is 5.20. The first-order chi connectivity index (χ1) is 6.27. The Hall–Kier alpha value is -0.790. The molecule has 13 heavy (non-hydrogen) atoms. The second kappa shape index (κ2) is 5.05. The summed E-state index contributed by atoms with van der Waals surface area (Å²) in [5.74, 6) is 0.656. The van der Waals surface area contributed by atoms with Gasteiger partial charge in [-0.3, -0.25) is 4.79 Å². The van der Waals surface area contributed by atoms with Gasteiger partial charge in [-0.1, -0.05) is 32.8 Å². The van der Waals surface area contributed by atoms with Crippen molar-refractivity contribution in [2.45, 2.75) is 45.1 Å². The van der Waals surface area contributed by atoms with Gasteiger partial charge >= 0.3 is 0 Å². The van der Waals surface area contributed by atoms with E-state index in [9.17, 15) is 4.79 Å². The van der Waals surface area contributed by atoms with Gasteiger partial charge in [0.2, 0.25) is 5.91 Å². The number of carbonyl (C=O) groups excluding carboxylic acids is 1. The van der Waals surface area contributed by atoms with E-state index in [1.54, 1.807) is 0 Å². The van der Waals surface area contributed by atoms with Gasteiger partial charge in [0.25, 0.3) is 0 Å². The van der Waals surface area contributed by atoms with Crippen LogP contribution in [0.3, 0.4) is 0 Å². The number of carbonyl (C=O) groups is 1. The van der Waals surface area contributed by atoms with E-state index >= 15 is 0 Å². The van der Waals surface area contributed by atoms with Crippen LogP contribution in [0.5, 0.6) is 0 Å². The fraction of sp³-hybridized carbons (Fsp3) is 0.727. The molecular weight excluding hydrogens is 162 g/mol. The maximum atomic E-state index is 11.1. The molecule has 0 aromatic carbocycles. The smallest absolute Gasteiger partial charge is 0.243 e. The molecule has 1 N–H and O–H groups in total. The van der Waals surface area contributed by atoms with Crippen LogP contribution in [0.4, 0.5) is 0 Å². The number of hydrogen-bond acceptors (Lipinski definition) is 1. The van der Waals surface area contributed by atoms with Crippen molar-refractivity contribution >= 4 is 5.91 Å². The van der Waals surface area contributed by atoms with Gasteiger partial charge in [-0.05, 0) is 24.8 Å². The van der Waals surface area contributed by atoms with E-state index in [0.29, 0.717) is 12.0 Å². The molecule has 2 atom stereocenters. The van der Waals surface area contributed by atoms with Gasteiger partial charge in [0.05, 0.1) is 0 Å². The van der Waals surface area contributed by atoms with Crippen LogP contribution in [0.2, 0.25) is 0 Å². The Labute approximate surface area is 80.4 Å². The molecule has 2 heteroatoms. The van der Waals surface area contributed by atoms with Crippen LogP contribution in [0, 0.1) is 5.92 Å². The lowest BCUT2D eigenvalue weighted by Crippen LogP contribution is -2.41. The monoisotopic (exact) mass is 181 g/mol. The molecule has 1 aliphatic rings. The summed E-state index contributed by atoms with van der Waals surface area (Å²) < 4.78 is 0. The highest BCUT2D eigenvalue weighted by molar-refractivity contribution is 5.87. The highest BCUT2D eigenvalue weighted by Gasteiger charge is 2.23. The van der Waals surface area contributed by atoms with E-state index < -0.39 is 0 Å². The van der Waals surface area contributed by atoms with Gasteiger partial charge in [0, 0.05) is 6.04 Å². The van der Waals surface area contributed by atoms with Crippen molar-refractivity contribution in [3.63, 3.8) is 0 Å². The minimum absolute atomic E-state index is 0.0228. The van der Waals surface area contributed by atoms with Crippen LogP contribution < -0.4 is 5.32 Å². The molecule has 0 radical (unpaired) electrons. The summed E-state index contributed by atoms with van der Waals surface area (Å²) in [6.45, 7) is 5.66. The van der Waals surface area contributed by atoms with Crippen molar-refractivity contribution in [2.24, 2.45) is 5.92 Å². The molecule has 1 saturated carbocycles. The van der Waals surface area contributed by atoms with Gasteiger partial charge in [-0.25, -0.2) is 0 Å². The maximum Gasteiger partial charge on any atom is 0.243 e. The Bertz CT molecular complexity index is 189. The Balaban J connectivity index is 2.44. The summed E-state index contributed by atoms with van der Waals surface area (Å²) in [6, 6.07) is 0.393. The Morgan fingerprint density at radius 2 is 2.23 bits per heavy atom. The minimum Gasteiger partial charge on any atom is -0.350 e. The summed E-state index contributed by atoms with van der Waals surface area (Å²) >= 11 is 0. The summed E-state index contributed by atoms with van der Waals surface area (Å²) in [5.41, 5.74) is 0. The topological polar surface area (TPSA) is 29.1 Å². The van der Waals surface area contributed by atoms with Gasteiger partial charge < -0.3 is 5.32 Å².